The maximum Gasteiger partial charge on any atom is 0.407 e. The first kappa shape index (κ1) is 18.4. The number of benzene rings is 1. The zero-order valence-electron chi connectivity index (χ0n) is 16.2. The number of rotatable bonds is 3. The molecule has 2 fully saturated rings. The predicted molar refractivity (Wildman–Crippen MR) is 109 cm³/mol. The first-order valence-electron chi connectivity index (χ1n) is 9.65. The van der Waals surface area contributed by atoms with Crippen LogP contribution in [0, 0.1) is 0 Å². The van der Waals surface area contributed by atoms with Gasteiger partial charge in [0.05, 0.1) is 23.2 Å². The van der Waals surface area contributed by atoms with Crippen LogP contribution >= 0.6 is 11.3 Å². The summed E-state index contributed by atoms with van der Waals surface area (Å²) in [6, 6.07) is 4.18. The standard InChI is InChI=1S/C20H22N4O4S/c1-20(2,27)11-7-14(17-21-5-6-29-17)16-15(8-11)22-18(28-16)23-9-12-3-4-13(10-23)24(12)19(25)26/h5-8,12-13,27H,3-4,9-10H2,1-2H3,(H,25,26). The average Bonchev–Trinajstić information content (AvgIpc) is 3.37. The average molecular weight is 414 g/mol. The minimum absolute atomic E-state index is 0.0355. The molecule has 2 aliphatic rings. The quantitative estimate of drug-likeness (QED) is 0.676. The molecule has 5 rings (SSSR count). The van der Waals surface area contributed by atoms with Gasteiger partial charge in [-0.2, -0.15) is 4.98 Å². The van der Waals surface area contributed by atoms with Crippen molar-refractivity contribution in [3.63, 3.8) is 0 Å². The van der Waals surface area contributed by atoms with Gasteiger partial charge in [0.25, 0.3) is 6.01 Å². The summed E-state index contributed by atoms with van der Waals surface area (Å²) in [5.74, 6) is 0. The Morgan fingerprint density at radius 2 is 2.00 bits per heavy atom. The lowest BCUT2D eigenvalue weighted by Gasteiger charge is -2.38. The van der Waals surface area contributed by atoms with E-state index in [0.29, 0.717) is 30.2 Å². The second-order valence-corrected chi connectivity index (χ2v) is 9.14. The SMILES string of the molecule is CC(C)(O)c1cc(-c2nccs2)c2oc(N3CC4CCC(C3)N4C(=O)O)nc2c1. The highest BCUT2D eigenvalue weighted by Gasteiger charge is 2.43. The van der Waals surface area contributed by atoms with Crippen molar-refractivity contribution >= 4 is 34.5 Å². The van der Waals surface area contributed by atoms with E-state index in [0.717, 1.165) is 29.0 Å². The third-order valence-corrected chi connectivity index (χ3v) is 6.63. The Morgan fingerprint density at radius 3 is 2.59 bits per heavy atom. The molecule has 2 atom stereocenters. The largest absolute Gasteiger partial charge is 0.465 e. The van der Waals surface area contributed by atoms with Crippen molar-refractivity contribution in [3.8, 4) is 10.6 Å². The minimum atomic E-state index is -1.02. The third-order valence-electron chi connectivity index (χ3n) is 5.82. The Labute approximate surface area is 171 Å². The molecule has 2 N–H and O–H groups in total. The Bertz CT molecular complexity index is 1060. The van der Waals surface area contributed by atoms with E-state index in [2.05, 4.69) is 4.98 Å². The number of piperazine rings is 1. The van der Waals surface area contributed by atoms with Gasteiger partial charge >= 0.3 is 6.09 Å². The molecule has 29 heavy (non-hydrogen) atoms. The molecule has 0 saturated carbocycles. The summed E-state index contributed by atoms with van der Waals surface area (Å²) in [4.78, 5) is 24.3. The predicted octanol–water partition coefficient (Wildman–Crippen LogP) is 3.51. The lowest BCUT2D eigenvalue weighted by atomic mass is 9.96. The first-order valence-corrected chi connectivity index (χ1v) is 10.5. The molecule has 2 bridgehead atoms. The number of carbonyl (C=O) groups is 1. The molecule has 152 valence electrons. The van der Waals surface area contributed by atoms with Crippen LogP contribution < -0.4 is 4.90 Å². The highest BCUT2D eigenvalue weighted by atomic mass is 32.1. The molecule has 0 spiro atoms. The van der Waals surface area contributed by atoms with Crippen molar-refractivity contribution in [2.75, 3.05) is 18.0 Å². The van der Waals surface area contributed by atoms with Crippen LogP contribution in [0.2, 0.25) is 0 Å². The van der Waals surface area contributed by atoms with Crippen LogP contribution in [-0.4, -0.2) is 56.3 Å². The van der Waals surface area contributed by atoms with Crippen molar-refractivity contribution in [1.82, 2.24) is 14.9 Å². The maximum atomic E-state index is 11.5. The van der Waals surface area contributed by atoms with Gasteiger partial charge in [-0.1, -0.05) is 0 Å². The molecule has 4 heterocycles. The van der Waals surface area contributed by atoms with Gasteiger partial charge in [-0.3, -0.25) is 4.90 Å². The fourth-order valence-corrected chi connectivity index (χ4v) is 5.05. The van der Waals surface area contributed by atoms with Crippen LogP contribution in [0.25, 0.3) is 21.7 Å². The summed E-state index contributed by atoms with van der Waals surface area (Å²) < 4.78 is 6.18. The second-order valence-electron chi connectivity index (χ2n) is 8.24. The molecule has 3 aromatic rings. The molecule has 2 aromatic heterocycles. The zero-order chi connectivity index (χ0) is 20.3. The summed E-state index contributed by atoms with van der Waals surface area (Å²) in [6.07, 6.45) is 2.61. The summed E-state index contributed by atoms with van der Waals surface area (Å²) >= 11 is 1.50. The smallest absolute Gasteiger partial charge is 0.407 e. The Hall–Kier alpha value is -2.65. The van der Waals surface area contributed by atoms with Gasteiger partial charge in [-0.15, -0.1) is 11.3 Å². The van der Waals surface area contributed by atoms with Crippen LogP contribution in [0.5, 0.6) is 0 Å². The lowest BCUT2D eigenvalue weighted by Crippen LogP contribution is -2.55. The third kappa shape index (κ3) is 3.05. The maximum absolute atomic E-state index is 11.5. The van der Waals surface area contributed by atoms with E-state index >= 15 is 0 Å². The van der Waals surface area contributed by atoms with E-state index in [4.69, 9.17) is 9.40 Å². The Balaban J connectivity index is 1.57. The molecule has 0 radical (unpaired) electrons. The van der Waals surface area contributed by atoms with E-state index in [1.165, 1.54) is 11.3 Å². The van der Waals surface area contributed by atoms with Gasteiger partial charge in [-0.05, 0) is 44.4 Å². The summed E-state index contributed by atoms with van der Waals surface area (Å²) in [6.45, 7) is 4.62. The molecule has 2 aliphatic heterocycles. The topological polar surface area (TPSA) is 103 Å². The number of anilines is 1. The number of thiazole rings is 1. The van der Waals surface area contributed by atoms with Gasteiger partial charge in [0.15, 0.2) is 5.58 Å². The number of aromatic nitrogens is 2. The van der Waals surface area contributed by atoms with Crippen LogP contribution in [0.4, 0.5) is 10.8 Å². The zero-order valence-corrected chi connectivity index (χ0v) is 17.0. The van der Waals surface area contributed by atoms with Crippen LogP contribution in [-0.2, 0) is 5.60 Å². The Kier molecular flexibility index (Phi) is 4.08. The normalized spacial score (nSPS) is 21.9. The second kappa shape index (κ2) is 6.43. The number of amides is 1. The highest BCUT2D eigenvalue weighted by Crippen LogP contribution is 2.38. The van der Waals surface area contributed by atoms with Gasteiger partial charge < -0.3 is 19.5 Å². The number of carboxylic acid groups (broad SMARTS) is 1. The van der Waals surface area contributed by atoms with Crippen molar-refractivity contribution in [2.24, 2.45) is 0 Å². The van der Waals surface area contributed by atoms with Gasteiger partial charge in [-0.25, -0.2) is 9.78 Å². The number of hydrogen-bond acceptors (Lipinski definition) is 7. The van der Waals surface area contributed by atoms with E-state index in [1.54, 1.807) is 24.9 Å². The van der Waals surface area contributed by atoms with Crippen molar-refractivity contribution < 1.29 is 19.4 Å². The number of oxazole rings is 1. The van der Waals surface area contributed by atoms with Crippen LogP contribution in [0.15, 0.2) is 28.1 Å². The number of fused-ring (bicyclic) bond motifs is 3. The van der Waals surface area contributed by atoms with E-state index in [-0.39, 0.29) is 12.1 Å². The molecule has 1 aromatic carbocycles. The van der Waals surface area contributed by atoms with E-state index in [9.17, 15) is 15.0 Å². The fourth-order valence-electron chi connectivity index (χ4n) is 4.40. The van der Waals surface area contributed by atoms with Crippen LogP contribution in [0.3, 0.4) is 0 Å². The van der Waals surface area contributed by atoms with E-state index in [1.807, 2.05) is 22.4 Å². The first-order chi connectivity index (χ1) is 13.8. The van der Waals surface area contributed by atoms with Crippen LogP contribution in [0.1, 0.15) is 32.3 Å². The van der Waals surface area contributed by atoms with Crippen molar-refractivity contribution in [3.05, 3.63) is 29.3 Å². The molecule has 1 amide bonds. The molecular weight excluding hydrogens is 392 g/mol. The number of hydrogen-bond donors (Lipinski definition) is 2. The van der Waals surface area contributed by atoms with E-state index < -0.39 is 11.7 Å². The van der Waals surface area contributed by atoms with Gasteiger partial charge in [0.2, 0.25) is 0 Å². The minimum Gasteiger partial charge on any atom is -0.465 e. The Morgan fingerprint density at radius 1 is 1.28 bits per heavy atom. The molecule has 2 unspecified atom stereocenters. The van der Waals surface area contributed by atoms with Gasteiger partial charge in [0.1, 0.15) is 10.5 Å². The number of nitrogens with zero attached hydrogens (tertiary/aromatic N) is 4. The molecule has 2 saturated heterocycles. The molecule has 9 heteroatoms. The summed E-state index contributed by atoms with van der Waals surface area (Å²) in [5, 5.41) is 22.7. The fraction of sp³-hybridized carbons (Fsp3) is 0.450. The van der Waals surface area contributed by atoms with Crippen molar-refractivity contribution in [2.45, 2.75) is 44.4 Å². The monoisotopic (exact) mass is 414 g/mol. The van der Waals surface area contributed by atoms with Crippen molar-refractivity contribution in [1.29, 1.82) is 0 Å². The number of aliphatic hydroxyl groups is 1. The van der Waals surface area contributed by atoms with Gasteiger partial charge in [0, 0.05) is 24.7 Å². The summed E-state index contributed by atoms with van der Waals surface area (Å²) in [5.41, 5.74) is 1.83. The molecular formula is C20H22N4O4S. The molecule has 0 aliphatic carbocycles. The molecule has 8 nitrogen and oxygen atoms in total. The summed E-state index contributed by atoms with van der Waals surface area (Å²) in [7, 11) is 0. The highest BCUT2D eigenvalue weighted by molar-refractivity contribution is 7.13. The lowest BCUT2D eigenvalue weighted by molar-refractivity contribution is 0.0787.